The van der Waals surface area contributed by atoms with Crippen molar-refractivity contribution in [2.75, 3.05) is 37.7 Å². The van der Waals surface area contributed by atoms with E-state index in [-0.39, 0.29) is 5.91 Å². The second kappa shape index (κ2) is 8.17. The van der Waals surface area contributed by atoms with Crippen LogP contribution < -0.4 is 15.3 Å². The van der Waals surface area contributed by atoms with Crippen LogP contribution in [-0.4, -0.2) is 43.6 Å². The van der Waals surface area contributed by atoms with E-state index in [1.165, 1.54) is 6.07 Å². The predicted octanol–water partition coefficient (Wildman–Crippen LogP) is 3.81. The van der Waals surface area contributed by atoms with Gasteiger partial charge in [-0.1, -0.05) is 17.7 Å². The highest BCUT2D eigenvalue weighted by atomic mass is 35.5. The van der Waals surface area contributed by atoms with Crippen LogP contribution in [0.4, 0.5) is 5.69 Å². The lowest BCUT2D eigenvalue weighted by Gasteiger charge is -2.36. The minimum Gasteiger partial charge on any atom is -0.494 e. The molecule has 1 amide bonds. The van der Waals surface area contributed by atoms with Gasteiger partial charge in [0.15, 0.2) is 0 Å². The highest BCUT2D eigenvalue weighted by Crippen LogP contribution is 2.25. The van der Waals surface area contributed by atoms with Crippen LogP contribution in [0.1, 0.15) is 17.3 Å². The number of benzene rings is 2. The molecule has 1 saturated heterocycles. The van der Waals surface area contributed by atoms with Crippen molar-refractivity contribution >= 4 is 34.2 Å². The van der Waals surface area contributed by atoms with Gasteiger partial charge in [0.05, 0.1) is 12.2 Å². The summed E-state index contributed by atoms with van der Waals surface area (Å²) in [5.74, 6) is 0.431. The fraction of sp³-hybridized carbons (Fsp3) is 0.273. The van der Waals surface area contributed by atoms with Crippen LogP contribution in [0.15, 0.2) is 57.7 Å². The smallest absolute Gasteiger partial charge is 0.337 e. The summed E-state index contributed by atoms with van der Waals surface area (Å²) in [5.41, 5.74) is 1.20. The van der Waals surface area contributed by atoms with Crippen molar-refractivity contribution in [3.8, 4) is 5.75 Å². The summed E-state index contributed by atoms with van der Waals surface area (Å²) in [6, 6.07) is 14.1. The van der Waals surface area contributed by atoms with Gasteiger partial charge in [0, 0.05) is 54.4 Å². The molecule has 29 heavy (non-hydrogen) atoms. The summed E-state index contributed by atoms with van der Waals surface area (Å²) in [4.78, 5) is 29.1. The molecular weight excluding hydrogens is 392 g/mol. The highest BCUT2D eigenvalue weighted by molar-refractivity contribution is 6.30. The van der Waals surface area contributed by atoms with Crippen molar-refractivity contribution in [1.29, 1.82) is 0 Å². The molecule has 0 bridgehead atoms. The van der Waals surface area contributed by atoms with E-state index in [9.17, 15) is 9.59 Å². The Labute approximate surface area is 173 Å². The normalized spacial score (nSPS) is 14.3. The summed E-state index contributed by atoms with van der Waals surface area (Å²) in [5, 5.41) is 1.30. The van der Waals surface area contributed by atoms with Crippen LogP contribution >= 0.6 is 11.6 Å². The van der Waals surface area contributed by atoms with Gasteiger partial charge in [-0.15, -0.1) is 0 Å². The Bertz CT molecular complexity index is 1100. The van der Waals surface area contributed by atoms with Crippen molar-refractivity contribution in [1.82, 2.24) is 4.90 Å². The summed E-state index contributed by atoms with van der Waals surface area (Å²) in [6.07, 6.45) is 0. The number of carbonyl (C=O) groups excluding carboxylic acids is 1. The number of hydrogen-bond acceptors (Lipinski definition) is 5. The molecule has 0 atom stereocenters. The minimum absolute atomic E-state index is 0.169. The highest BCUT2D eigenvalue weighted by Gasteiger charge is 2.24. The molecule has 0 N–H and O–H groups in total. The van der Waals surface area contributed by atoms with Crippen molar-refractivity contribution in [3.05, 3.63) is 69.5 Å². The molecule has 150 valence electrons. The fourth-order valence-corrected chi connectivity index (χ4v) is 3.77. The van der Waals surface area contributed by atoms with Gasteiger partial charge in [-0.25, -0.2) is 4.79 Å². The summed E-state index contributed by atoms with van der Waals surface area (Å²) >= 11 is 6.09. The van der Waals surface area contributed by atoms with Gasteiger partial charge in [0.1, 0.15) is 11.3 Å². The van der Waals surface area contributed by atoms with Crippen LogP contribution in [0.2, 0.25) is 5.02 Å². The Balaban J connectivity index is 1.56. The number of nitrogens with zero attached hydrogens (tertiary/aromatic N) is 2. The second-order valence-corrected chi connectivity index (χ2v) is 7.27. The molecule has 1 aliphatic rings. The number of carbonyl (C=O) groups is 1. The topological polar surface area (TPSA) is 63.0 Å². The van der Waals surface area contributed by atoms with Crippen molar-refractivity contribution in [3.63, 3.8) is 0 Å². The van der Waals surface area contributed by atoms with Crippen LogP contribution in [0.25, 0.3) is 11.0 Å². The van der Waals surface area contributed by atoms with Crippen LogP contribution in [0.5, 0.6) is 5.75 Å². The van der Waals surface area contributed by atoms with E-state index in [0.717, 1.165) is 5.69 Å². The average Bonchev–Trinajstić information content (AvgIpc) is 2.73. The fourth-order valence-electron chi connectivity index (χ4n) is 3.59. The second-order valence-electron chi connectivity index (χ2n) is 6.83. The largest absolute Gasteiger partial charge is 0.494 e. The van der Waals surface area contributed by atoms with Crippen molar-refractivity contribution < 1.29 is 13.9 Å². The molecule has 0 unspecified atom stereocenters. The van der Waals surface area contributed by atoms with Gasteiger partial charge < -0.3 is 19.0 Å². The van der Waals surface area contributed by atoms with E-state index in [4.69, 9.17) is 20.8 Å². The maximum atomic E-state index is 13.1. The first-order chi connectivity index (χ1) is 14.0. The standard InChI is InChI=1S/C22H21ClN2O4/c1-2-28-17-6-7-18-19(14-21(26)29-20(18)13-17)22(27)25-10-8-24(9-11-25)16-5-3-4-15(23)12-16/h3-7,12-14H,2,8-11H2,1H3. The van der Waals surface area contributed by atoms with Gasteiger partial charge in [-0.05, 0) is 37.3 Å². The van der Waals surface area contributed by atoms with Gasteiger partial charge >= 0.3 is 5.63 Å². The number of anilines is 1. The van der Waals surface area contributed by atoms with E-state index in [1.807, 2.05) is 31.2 Å². The Hall–Kier alpha value is -2.99. The maximum absolute atomic E-state index is 13.1. The molecule has 6 nitrogen and oxygen atoms in total. The molecule has 1 aromatic heterocycles. The first-order valence-corrected chi connectivity index (χ1v) is 9.93. The summed E-state index contributed by atoms with van der Waals surface area (Å²) < 4.78 is 10.7. The molecule has 0 saturated carbocycles. The lowest BCUT2D eigenvalue weighted by Crippen LogP contribution is -2.49. The Kier molecular flexibility index (Phi) is 5.45. The van der Waals surface area contributed by atoms with E-state index < -0.39 is 5.63 Å². The van der Waals surface area contributed by atoms with Gasteiger partial charge in [-0.2, -0.15) is 0 Å². The number of ether oxygens (including phenoxy) is 1. The van der Waals surface area contributed by atoms with E-state index in [1.54, 1.807) is 23.1 Å². The number of hydrogen-bond donors (Lipinski definition) is 0. The number of amides is 1. The molecule has 7 heteroatoms. The monoisotopic (exact) mass is 412 g/mol. The number of halogens is 1. The molecule has 0 spiro atoms. The molecule has 3 aromatic rings. The molecule has 0 aliphatic carbocycles. The predicted molar refractivity (Wildman–Crippen MR) is 113 cm³/mol. The lowest BCUT2D eigenvalue weighted by molar-refractivity contribution is 0.0748. The Morgan fingerprint density at radius 1 is 1.10 bits per heavy atom. The van der Waals surface area contributed by atoms with Crippen LogP contribution in [0, 0.1) is 0 Å². The zero-order valence-electron chi connectivity index (χ0n) is 16.1. The molecule has 4 rings (SSSR count). The third-order valence-corrected chi connectivity index (χ3v) is 5.23. The molecule has 1 fully saturated rings. The number of piperazine rings is 1. The van der Waals surface area contributed by atoms with Gasteiger partial charge in [0.2, 0.25) is 0 Å². The van der Waals surface area contributed by atoms with Gasteiger partial charge in [0.25, 0.3) is 5.91 Å². The zero-order chi connectivity index (χ0) is 20.4. The lowest BCUT2D eigenvalue weighted by atomic mass is 10.1. The Morgan fingerprint density at radius 2 is 1.90 bits per heavy atom. The molecule has 1 aliphatic heterocycles. The molecule has 2 heterocycles. The quantitative estimate of drug-likeness (QED) is 0.610. The van der Waals surface area contributed by atoms with Gasteiger partial charge in [-0.3, -0.25) is 4.79 Å². The zero-order valence-corrected chi connectivity index (χ0v) is 16.8. The molecule has 2 aromatic carbocycles. The van der Waals surface area contributed by atoms with Crippen LogP contribution in [0.3, 0.4) is 0 Å². The third-order valence-electron chi connectivity index (χ3n) is 5.00. The van der Waals surface area contributed by atoms with E-state index >= 15 is 0 Å². The molecular formula is C22H21ClN2O4. The summed E-state index contributed by atoms with van der Waals surface area (Å²) in [6.45, 7) is 4.89. The van der Waals surface area contributed by atoms with Crippen molar-refractivity contribution in [2.24, 2.45) is 0 Å². The first-order valence-electron chi connectivity index (χ1n) is 9.55. The SMILES string of the molecule is CCOc1ccc2c(C(=O)N3CCN(c4cccc(Cl)c4)CC3)cc(=O)oc2c1. The number of fused-ring (bicyclic) bond motifs is 1. The minimum atomic E-state index is -0.549. The van der Waals surface area contributed by atoms with E-state index in [2.05, 4.69) is 4.90 Å². The molecule has 0 radical (unpaired) electrons. The average molecular weight is 413 g/mol. The Morgan fingerprint density at radius 3 is 2.62 bits per heavy atom. The number of rotatable bonds is 4. The first kappa shape index (κ1) is 19.3. The van der Waals surface area contributed by atoms with Crippen molar-refractivity contribution in [2.45, 2.75) is 6.92 Å². The maximum Gasteiger partial charge on any atom is 0.337 e. The summed E-state index contributed by atoms with van der Waals surface area (Å²) in [7, 11) is 0. The third kappa shape index (κ3) is 4.07. The van der Waals surface area contributed by atoms with E-state index in [0.29, 0.717) is 60.1 Å². The van der Waals surface area contributed by atoms with Crippen LogP contribution in [-0.2, 0) is 0 Å².